The minimum Gasteiger partial charge on any atom is -0.379 e. The first-order valence-electron chi connectivity index (χ1n) is 4.10. The summed E-state index contributed by atoms with van der Waals surface area (Å²) in [5.41, 5.74) is 2.93. The maximum Gasteiger partial charge on any atom is 0.145 e. The molecule has 1 rings (SSSR count). The van der Waals surface area contributed by atoms with Crippen LogP contribution in [0.4, 0.5) is 0 Å². The largest absolute Gasteiger partial charge is 0.379 e. The number of rotatable bonds is 1. The maximum atomic E-state index is 5.13. The fourth-order valence-electron chi connectivity index (χ4n) is 0.810. The van der Waals surface area contributed by atoms with E-state index in [-0.39, 0.29) is 0 Å². The van der Waals surface area contributed by atoms with Crippen LogP contribution in [0, 0.1) is 0 Å². The van der Waals surface area contributed by atoms with Crippen molar-refractivity contribution >= 4 is 29.2 Å². The first-order chi connectivity index (χ1) is 6.20. The Labute approximate surface area is 90.5 Å². The van der Waals surface area contributed by atoms with Crippen molar-refractivity contribution in [3.05, 3.63) is 12.7 Å². The zero-order valence-corrected chi connectivity index (χ0v) is 9.53. The summed E-state index contributed by atoms with van der Waals surface area (Å²) in [6, 6.07) is 0. The number of hydrogen-bond donors (Lipinski definition) is 2. The molecule has 0 unspecified atom stereocenters. The van der Waals surface area contributed by atoms with Crippen molar-refractivity contribution in [2.75, 3.05) is 26.3 Å². The van der Waals surface area contributed by atoms with Crippen molar-refractivity contribution in [1.82, 2.24) is 10.4 Å². The van der Waals surface area contributed by atoms with Crippen molar-refractivity contribution in [2.24, 2.45) is 0 Å². The van der Waals surface area contributed by atoms with Crippen molar-refractivity contribution < 1.29 is 4.74 Å². The van der Waals surface area contributed by atoms with Crippen LogP contribution in [0.2, 0.25) is 0 Å². The molecule has 5 heteroatoms. The van der Waals surface area contributed by atoms with Gasteiger partial charge in [-0.3, -0.25) is 0 Å². The summed E-state index contributed by atoms with van der Waals surface area (Å²) in [5.74, 6) is 0. The van der Waals surface area contributed by atoms with E-state index in [9.17, 15) is 0 Å². The number of nitrogens with one attached hydrogen (secondary N) is 1. The Morgan fingerprint density at radius 1 is 1.62 bits per heavy atom. The third-order valence-corrected chi connectivity index (χ3v) is 1.46. The van der Waals surface area contributed by atoms with E-state index in [1.54, 1.807) is 6.08 Å². The molecule has 0 aliphatic carbocycles. The molecule has 0 amide bonds. The normalized spacial score (nSPS) is 16.8. The number of nitrogens with zero attached hydrogens (tertiary/aromatic N) is 1. The van der Waals surface area contributed by atoms with Gasteiger partial charge in [0.1, 0.15) is 4.32 Å². The van der Waals surface area contributed by atoms with Gasteiger partial charge in [0.25, 0.3) is 0 Å². The molecule has 3 nitrogen and oxygen atoms in total. The maximum absolute atomic E-state index is 5.13. The van der Waals surface area contributed by atoms with E-state index in [0.29, 0.717) is 4.32 Å². The van der Waals surface area contributed by atoms with Crippen LogP contribution in [-0.4, -0.2) is 35.6 Å². The smallest absolute Gasteiger partial charge is 0.145 e. The molecule has 0 saturated carbocycles. The highest BCUT2D eigenvalue weighted by atomic mass is 32.1. The van der Waals surface area contributed by atoms with Crippen molar-refractivity contribution in [3.8, 4) is 0 Å². The van der Waals surface area contributed by atoms with Crippen LogP contribution in [-0.2, 0) is 4.74 Å². The average molecular weight is 220 g/mol. The highest BCUT2D eigenvalue weighted by Gasteiger charge is 2.08. The SMILES string of the molecule is C=CC.S=C(S)NN1CCOCC1. The number of thiocarbonyl (C=S) groups is 1. The molecular weight excluding hydrogens is 204 g/mol. The van der Waals surface area contributed by atoms with Crippen molar-refractivity contribution in [1.29, 1.82) is 0 Å². The Kier molecular flexibility index (Phi) is 8.43. The highest BCUT2D eigenvalue weighted by molar-refractivity contribution is 8.11. The van der Waals surface area contributed by atoms with E-state index in [0.717, 1.165) is 26.3 Å². The minimum atomic E-state index is 0.516. The molecule has 1 aliphatic heterocycles. The summed E-state index contributed by atoms with van der Waals surface area (Å²) in [5, 5.41) is 2.00. The molecule has 0 atom stereocenters. The van der Waals surface area contributed by atoms with Crippen LogP contribution in [0.15, 0.2) is 12.7 Å². The van der Waals surface area contributed by atoms with E-state index in [4.69, 9.17) is 17.0 Å². The Balaban J connectivity index is 0.000000424. The Hall–Kier alpha value is -0.100. The third kappa shape index (κ3) is 8.24. The van der Waals surface area contributed by atoms with Crippen LogP contribution in [0.5, 0.6) is 0 Å². The summed E-state index contributed by atoms with van der Waals surface area (Å²) in [6.07, 6.45) is 1.75. The number of allylic oxidation sites excluding steroid dienone is 1. The number of morpholine rings is 1. The molecule has 1 heterocycles. The van der Waals surface area contributed by atoms with Gasteiger partial charge >= 0.3 is 0 Å². The summed E-state index contributed by atoms with van der Waals surface area (Å²) in [6.45, 7) is 8.54. The van der Waals surface area contributed by atoms with E-state index in [2.05, 4.69) is 24.6 Å². The standard InChI is InChI=1S/C5H10N2OS2.C3H6/c9-5(10)6-7-1-3-8-4-2-7;1-3-2/h1-4H2,(H2,6,9,10);3H,1H2,2H3. The lowest BCUT2D eigenvalue weighted by atomic mass is 10.5. The predicted molar refractivity (Wildman–Crippen MR) is 63.0 cm³/mol. The molecule has 0 aromatic carbocycles. The van der Waals surface area contributed by atoms with Gasteiger partial charge in [0, 0.05) is 13.1 Å². The van der Waals surface area contributed by atoms with Crippen LogP contribution in [0.3, 0.4) is 0 Å². The van der Waals surface area contributed by atoms with Crippen LogP contribution in [0.25, 0.3) is 0 Å². The van der Waals surface area contributed by atoms with E-state index in [1.807, 2.05) is 11.9 Å². The van der Waals surface area contributed by atoms with Gasteiger partial charge in [-0.2, -0.15) is 0 Å². The third-order valence-electron chi connectivity index (χ3n) is 1.26. The first-order valence-corrected chi connectivity index (χ1v) is 4.95. The van der Waals surface area contributed by atoms with E-state index in [1.165, 1.54) is 0 Å². The van der Waals surface area contributed by atoms with Crippen LogP contribution in [0.1, 0.15) is 6.92 Å². The van der Waals surface area contributed by atoms with Crippen LogP contribution < -0.4 is 5.43 Å². The fourth-order valence-corrected chi connectivity index (χ4v) is 1.08. The summed E-state index contributed by atoms with van der Waals surface area (Å²) >= 11 is 8.69. The molecule has 1 fully saturated rings. The Morgan fingerprint density at radius 2 is 2.08 bits per heavy atom. The first kappa shape index (κ1) is 12.9. The topological polar surface area (TPSA) is 24.5 Å². The molecule has 0 aromatic heterocycles. The number of ether oxygens (including phenoxy) is 1. The molecule has 0 aromatic rings. The second-order valence-electron chi connectivity index (χ2n) is 2.42. The lowest BCUT2D eigenvalue weighted by Gasteiger charge is -2.26. The highest BCUT2D eigenvalue weighted by Crippen LogP contribution is 1.93. The predicted octanol–water partition coefficient (Wildman–Crippen LogP) is 1.23. The van der Waals surface area contributed by atoms with E-state index >= 15 is 0 Å². The molecule has 1 saturated heterocycles. The van der Waals surface area contributed by atoms with Gasteiger partial charge in [-0.05, 0) is 6.92 Å². The summed E-state index contributed by atoms with van der Waals surface area (Å²) in [7, 11) is 0. The molecule has 1 aliphatic rings. The number of thiol groups is 1. The molecule has 0 spiro atoms. The Bertz CT molecular complexity index is 158. The Morgan fingerprint density at radius 3 is 2.46 bits per heavy atom. The quantitative estimate of drug-likeness (QED) is 0.394. The van der Waals surface area contributed by atoms with Gasteiger partial charge in [-0.15, -0.1) is 19.2 Å². The lowest BCUT2D eigenvalue weighted by molar-refractivity contribution is 0.0258. The van der Waals surface area contributed by atoms with Gasteiger partial charge in [0.15, 0.2) is 0 Å². The lowest BCUT2D eigenvalue weighted by Crippen LogP contribution is -2.46. The van der Waals surface area contributed by atoms with E-state index < -0.39 is 0 Å². The van der Waals surface area contributed by atoms with Gasteiger partial charge in [-0.25, -0.2) is 5.01 Å². The number of hydrazine groups is 1. The molecule has 13 heavy (non-hydrogen) atoms. The zero-order valence-electron chi connectivity index (χ0n) is 7.82. The zero-order chi connectivity index (χ0) is 10.1. The molecular formula is C8H16N2OS2. The molecule has 0 radical (unpaired) electrons. The van der Waals surface area contributed by atoms with Crippen LogP contribution >= 0.6 is 24.8 Å². The second-order valence-corrected chi connectivity index (χ2v) is 3.58. The average Bonchev–Trinajstić information content (AvgIpc) is 2.06. The van der Waals surface area contributed by atoms with Gasteiger partial charge in [0.2, 0.25) is 0 Å². The summed E-state index contributed by atoms with van der Waals surface area (Å²) in [4.78, 5) is 0. The molecule has 0 bridgehead atoms. The minimum absolute atomic E-state index is 0.516. The summed E-state index contributed by atoms with van der Waals surface area (Å²) < 4.78 is 5.65. The fraction of sp³-hybridized carbons (Fsp3) is 0.625. The van der Waals surface area contributed by atoms with Gasteiger partial charge < -0.3 is 10.2 Å². The number of hydrogen-bond acceptors (Lipinski definition) is 3. The van der Waals surface area contributed by atoms with Gasteiger partial charge in [0.05, 0.1) is 13.2 Å². The second kappa shape index (κ2) is 8.50. The monoisotopic (exact) mass is 220 g/mol. The van der Waals surface area contributed by atoms with Crippen molar-refractivity contribution in [3.63, 3.8) is 0 Å². The van der Waals surface area contributed by atoms with Gasteiger partial charge in [-0.1, -0.05) is 18.3 Å². The molecule has 1 N–H and O–H groups in total. The van der Waals surface area contributed by atoms with Crippen molar-refractivity contribution in [2.45, 2.75) is 6.92 Å². The molecule has 76 valence electrons.